The zero-order valence-electron chi connectivity index (χ0n) is 7.55. The molecule has 0 aromatic heterocycles. The average Bonchev–Trinajstić information content (AvgIpc) is 2.18. The molecule has 0 fully saturated rings. The minimum absolute atomic E-state index is 0.130. The fraction of sp³-hybridized carbons (Fsp3) is 0.250. The van der Waals surface area contributed by atoms with E-state index in [1.165, 1.54) is 12.1 Å². The van der Waals surface area contributed by atoms with Crippen LogP contribution in [0.25, 0.3) is 0 Å². The number of benzene rings is 1. The van der Waals surface area contributed by atoms with Gasteiger partial charge in [0.1, 0.15) is 0 Å². The SMILES string of the molecule is O=S(O)c1ccc(CCBr)c(S(=O)O)c1. The van der Waals surface area contributed by atoms with Crippen molar-refractivity contribution in [3.8, 4) is 0 Å². The van der Waals surface area contributed by atoms with E-state index >= 15 is 0 Å². The van der Waals surface area contributed by atoms with Crippen molar-refractivity contribution in [2.75, 3.05) is 5.33 Å². The van der Waals surface area contributed by atoms with Gasteiger partial charge in [0.15, 0.2) is 22.2 Å². The fourth-order valence-electron chi connectivity index (χ4n) is 1.11. The van der Waals surface area contributed by atoms with Gasteiger partial charge in [0.25, 0.3) is 0 Å². The summed E-state index contributed by atoms with van der Waals surface area (Å²) in [6, 6.07) is 4.35. The third-order valence-corrected chi connectivity index (χ3v) is 3.60. The van der Waals surface area contributed by atoms with Crippen LogP contribution in [0, 0.1) is 0 Å². The summed E-state index contributed by atoms with van der Waals surface area (Å²) in [6.45, 7) is 0. The maximum absolute atomic E-state index is 11.0. The van der Waals surface area contributed by atoms with Crippen LogP contribution in [-0.2, 0) is 28.6 Å². The highest BCUT2D eigenvalue weighted by Gasteiger charge is 2.10. The van der Waals surface area contributed by atoms with Crippen LogP contribution in [0.1, 0.15) is 5.56 Å². The summed E-state index contributed by atoms with van der Waals surface area (Å²) in [5.74, 6) is 0. The molecule has 2 N–H and O–H groups in total. The lowest BCUT2D eigenvalue weighted by molar-refractivity contribution is 0.561. The molecule has 7 heteroatoms. The third kappa shape index (κ3) is 3.46. The van der Waals surface area contributed by atoms with Crippen LogP contribution in [0.4, 0.5) is 0 Å². The molecule has 1 aromatic rings. The molecule has 0 aliphatic heterocycles. The number of alkyl halides is 1. The minimum Gasteiger partial charge on any atom is -0.302 e. The largest absolute Gasteiger partial charge is 0.302 e. The highest BCUT2D eigenvalue weighted by atomic mass is 79.9. The lowest BCUT2D eigenvalue weighted by Crippen LogP contribution is -2.00. The number of hydrogen-bond donors (Lipinski definition) is 2. The van der Waals surface area contributed by atoms with Crippen molar-refractivity contribution >= 4 is 38.1 Å². The van der Waals surface area contributed by atoms with Gasteiger partial charge in [-0.05, 0) is 24.1 Å². The lowest BCUT2D eigenvalue weighted by Gasteiger charge is -2.05. The van der Waals surface area contributed by atoms with Gasteiger partial charge in [0, 0.05) is 5.33 Å². The van der Waals surface area contributed by atoms with E-state index in [4.69, 9.17) is 9.11 Å². The van der Waals surface area contributed by atoms with Crippen molar-refractivity contribution in [2.24, 2.45) is 0 Å². The van der Waals surface area contributed by atoms with Crippen molar-refractivity contribution in [1.29, 1.82) is 0 Å². The molecule has 1 rings (SSSR count). The second-order valence-corrected chi connectivity index (χ2v) is 5.41. The van der Waals surface area contributed by atoms with E-state index < -0.39 is 22.2 Å². The van der Waals surface area contributed by atoms with E-state index in [2.05, 4.69) is 15.9 Å². The van der Waals surface area contributed by atoms with Crippen molar-refractivity contribution in [2.45, 2.75) is 16.2 Å². The van der Waals surface area contributed by atoms with Gasteiger partial charge in [0.2, 0.25) is 0 Å². The zero-order valence-corrected chi connectivity index (χ0v) is 10.8. The Kier molecular flexibility index (Phi) is 5.07. The topological polar surface area (TPSA) is 74.6 Å². The van der Waals surface area contributed by atoms with Crippen LogP contribution in [-0.4, -0.2) is 22.9 Å². The predicted molar refractivity (Wildman–Crippen MR) is 62.0 cm³/mol. The van der Waals surface area contributed by atoms with Gasteiger partial charge in [-0.25, -0.2) is 8.42 Å². The number of aryl methyl sites for hydroxylation is 1. The molecule has 4 nitrogen and oxygen atoms in total. The fourth-order valence-corrected chi connectivity index (χ4v) is 2.64. The Balaban J connectivity index is 3.20. The van der Waals surface area contributed by atoms with E-state index in [1.54, 1.807) is 6.07 Å². The van der Waals surface area contributed by atoms with Gasteiger partial charge in [-0.2, -0.15) is 0 Å². The maximum Gasteiger partial charge on any atom is 0.186 e. The third-order valence-electron chi connectivity index (χ3n) is 1.79. The van der Waals surface area contributed by atoms with Gasteiger partial charge < -0.3 is 9.11 Å². The second-order valence-electron chi connectivity index (χ2n) is 2.71. The van der Waals surface area contributed by atoms with Crippen LogP contribution < -0.4 is 0 Å². The molecule has 0 aliphatic rings. The van der Waals surface area contributed by atoms with E-state index in [0.29, 0.717) is 17.3 Å². The summed E-state index contributed by atoms with van der Waals surface area (Å²) in [6.07, 6.45) is 0.597. The Morgan fingerprint density at radius 1 is 1.20 bits per heavy atom. The van der Waals surface area contributed by atoms with Crippen LogP contribution in [0.15, 0.2) is 28.0 Å². The molecule has 1 aromatic carbocycles. The van der Waals surface area contributed by atoms with Gasteiger partial charge in [-0.1, -0.05) is 22.0 Å². The first-order chi connectivity index (χ1) is 7.06. The monoisotopic (exact) mass is 312 g/mol. The molecular weight excluding hydrogens is 304 g/mol. The molecule has 2 atom stereocenters. The standard InChI is InChI=1S/C8H9BrO4S2/c9-4-3-6-1-2-7(14(10)11)5-8(6)15(12)13/h1-2,5H,3-4H2,(H,10,11)(H,12,13). The van der Waals surface area contributed by atoms with Crippen LogP contribution in [0.3, 0.4) is 0 Å². The van der Waals surface area contributed by atoms with Gasteiger partial charge in [0.05, 0.1) is 9.79 Å². The molecule has 15 heavy (non-hydrogen) atoms. The van der Waals surface area contributed by atoms with Crippen molar-refractivity contribution in [3.63, 3.8) is 0 Å². The van der Waals surface area contributed by atoms with Gasteiger partial charge in [-0.3, -0.25) is 0 Å². The summed E-state index contributed by atoms with van der Waals surface area (Å²) >= 11 is -1.03. The molecule has 84 valence electrons. The average molecular weight is 313 g/mol. The molecule has 0 aliphatic carbocycles. The van der Waals surface area contributed by atoms with E-state index in [1.807, 2.05) is 0 Å². The molecule has 0 spiro atoms. The number of hydrogen-bond acceptors (Lipinski definition) is 2. The Morgan fingerprint density at radius 2 is 1.87 bits per heavy atom. The van der Waals surface area contributed by atoms with Crippen LogP contribution >= 0.6 is 15.9 Å². The van der Waals surface area contributed by atoms with E-state index in [9.17, 15) is 8.42 Å². The zero-order chi connectivity index (χ0) is 11.4. The molecular formula is C8H9BrO4S2. The Bertz CT molecular complexity index is 408. The molecule has 0 heterocycles. The first kappa shape index (κ1) is 13.0. The first-order valence-corrected chi connectivity index (χ1v) is 7.30. The smallest absolute Gasteiger partial charge is 0.186 e. The van der Waals surface area contributed by atoms with Crippen molar-refractivity contribution in [3.05, 3.63) is 23.8 Å². The molecule has 0 amide bonds. The van der Waals surface area contributed by atoms with E-state index in [0.717, 1.165) is 0 Å². The highest BCUT2D eigenvalue weighted by Crippen LogP contribution is 2.18. The van der Waals surface area contributed by atoms with E-state index in [-0.39, 0.29) is 9.79 Å². The molecule has 0 bridgehead atoms. The minimum atomic E-state index is -2.14. The van der Waals surface area contributed by atoms with Crippen molar-refractivity contribution in [1.82, 2.24) is 0 Å². The maximum atomic E-state index is 11.0. The molecule has 0 saturated carbocycles. The molecule has 0 saturated heterocycles. The summed E-state index contributed by atoms with van der Waals surface area (Å²) < 4.78 is 39.6. The summed E-state index contributed by atoms with van der Waals surface area (Å²) in [7, 11) is 0. The van der Waals surface area contributed by atoms with Gasteiger partial charge >= 0.3 is 0 Å². The summed E-state index contributed by atoms with van der Waals surface area (Å²) in [4.78, 5) is 0.320. The molecule has 2 unspecified atom stereocenters. The first-order valence-electron chi connectivity index (χ1n) is 3.97. The van der Waals surface area contributed by atoms with Gasteiger partial charge in [-0.15, -0.1) is 0 Å². The molecule has 0 radical (unpaired) electrons. The summed E-state index contributed by atoms with van der Waals surface area (Å²) in [5, 5.41) is 0.665. The Hall–Kier alpha value is -0.0800. The van der Waals surface area contributed by atoms with Crippen LogP contribution in [0.5, 0.6) is 0 Å². The number of halogens is 1. The lowest BCUT2D eigenvalue weighted by atomic mass is 10.2. The quantitative estimate of drug-likeness (QED) is 0.656. The highest BCUT2D eigenvalue weighted by molar-refractivity contribution is 9.09. The van der Waals surface area contributed by atoms with Crippen LogP contribution in [0.2, 0.25) is 0 Å². The normalized spacial score (nSPS) is 14.9. The second kappa shape index (κ2) is 5.86. The van der Waals surface area contributed by atoms with Crippen molar-refractivity contribution < 1.29 is 17.5 Å². The summed E-state index contributed by atoms with van der Waals surface area (Å²) in [5.41, 5.74) is 0.696. The Morgan fingerprint density at radius 3 is 2.33 bits per heavy atom. The number of rotatable bonds is 4. The Labute approximate surface area is 101 Å². The predicted octanol–water partition coefficient (Wildman–Crippen LogP) is 1.79.